The normalized spacial score (nSPS) is 12.9. The number of hydrogen-bond acceptors (Lipinski definition) is 9. The van der Waals surface area contributed by atoms with Gasteiger partial charge < -0.3 is 28.4 Å². The lowest BCUT2D eigenvalue weighted by molar-refractivity contribution is -0.0569. The fraction of sp³-hybridized carbons (Fsp3) is 0.700. The molecule has 0 aliphatic heterocycles. The highest BCUT2D eigenvalue weighted by Gasteiger charge is 2.14. The van der Waals surface area contributed by atoms with E-state index in [9.17, 15) is 8.42 Å². The Balaban J connectivity index is 2.09. The topological polar surface area (TPSA) is 98.8 Å². The van der Waals surface area contributed by atoms with E-state index >= 15 is 0 Å². The number of rotatable bonds is 20. The largest absolute Gasteiger partial charge is 0.382 e. The van der Waals surface area contributed by atoms with Gasteiger partial charge in [-0.25, -0.2) is 0 Å². The summed E-state index contributed by atoms with van der Waals surface area (Å²) in [6, 6.07) is 9.59. The third-order valence-electron chi connectivity index (χ3n) is 3.65. The lowest BCUT2D eigenvalue weighted by Gasteiger charge is -2.18. The van der Waals surface area contributed by atoms with E-state index < -0.39 is 16.2 Å². The Morgan fingerprint density at radius 2 is 1.30 bits per heavy atom. The summed E-state index contributed by atoms with van der Waals surface area (Å²) in [5.41, 5.74) is 0.981. The molecule has 0 spiro atoms. The molecule has 0 N–H and O–H groups in total. The highest BCUT2D eigenvalue weighted by molar-refractivity contribution is 7.85. The van der Waals surface area contributed by atoms with Crippen molar-refractivity contribution in [1.29, 1.82) is 0 Å². The monoisotopic (exact) mass is 450 g/mol. The molecule has 0 heterocycles. The quantitative estimate of drug-likeness (QED) is 0.215. The van der Waals surface area contributed by atoms with Crippen molar-refractivity contribution in [1.82, 2.24) is 0 Å². The van der Waals surface area contributed by atoms with Crippen molar-refractivity contribution in [3.05, 3.63) is 35.9 Å². The van der Waals surface area contributed by atoms with Gasteiger partial charge in [-0.05, 0) is 5.56 Å². The van der Waals surface area contributed by atoms with E-state index in [-0.39, 0.29) is 13.2 Å². The molecule has 0 amide bonds. The highest BCUT2D eigenvalue weighted by Crippen LogP contribution is 2.06. The van der Waals surface area contributed by atoms with Crippen molar-refractivity contribution < 1.29 is 41.0 Å². The van der Waals surface area contributed by atoms with E-state index in [1.165, 1.54) is 0 Å². The van der Waals surface area contributed by atoms with Crippen molar-refractivity contribution >= 4 is 10.1 Å². The Morgan fingerprint density at radius 3 is 1.83 bits per heavy atom. The van der Waals surface area contributed by atoms with Gasteiger partial charge >= 0.3 is 0 Å². The first-order valence-electron chi connectivity index (χ1n) is 9.81. The molecule has 1 aromatic carbocycles. The number of ether oxygens (including phenoxy) is 6. The van der Waals surface area contributed by atoms with Gasteiger partial charge in [0.05, 0.1) is 78.9 Å². The summed E-state index contributed by atoms with van der Waals surface area (Å²) in [7, 11) is -1.92. The molecule has 0 aliphatic carbocycles. The summed E-state index contributed by atoms with van der Waals surface area (Å²) in [5, 5.41) is 0. The van der Waals surface area contributed by atoms with E-state index in [1.54, 1.807) is 7.11 Å². The molecule has 9 nitrogen and oxygen atoms in total. The average molecular weight is 451 g/mol. The minimum Gasteiger partial charge on any atom is -0.382 e. The number of hydrogen-bond donors (Lipinski definition) is 0. The summed E-state index contributed by atoms with van der Waals surface area (Å²) >= 11 is 0. The Kier molecular flexibility index (Phi) is 15.8. The van der Waals surface area contributed by atoms with Crippen LogP contribution in [-0.4, -0.2) is 94.0 Å². The van der Waals surface area contributed by atoms with Crippen LogP contribution >= 0.6 is 0 Å². The SMILES string of the molecule is COCCOCCOCCOCCOCC(COS(C)(=O)=O)OCc1ccccc1. The van der Waals surface area contributed by atoms with E-state index in [0.717, 1.165) is 11.8 Å². The maximum absolute atomic E-state index is 11.2. The van der Waals surface area contributed by atoms with Crippen LogP contribution in [0.3, 0.4) is 0 Å². The lowest BCUT2D eigenvalue weighted by atomic mass is 10.2. The van der Waals surface area contributed by atoms with Gasteiger partial charge in [0.25, 0.3) is 10.1 Å². The predicted octanol–water partition coefficient (Wildman–Crippen LogP) is 1.26. The summed E-state index contributed by atoms with van der Waals surface area (Å²) in [6.45, 7) is 4.25. The first kappa shape index (κ1) is 26.9. The van der Waals surface area contributed by atoms with Gasteiger partial charge in [0.2, 0.25) is 0 Å². The van der Waals surface area contributed by atoms with Crippen molar-refractivity contribution in [3.63, 3.8) is 0 Å². The third-order valence-corrected chi connectivity index (χ3v) is 4.21. The van der Waals surface area contributed by atoms with E-state index in [0.29, 0.717) is 59.5 Å². The molecule has 10 heteroatoms. The standard InChI is InChI=1S/C20H34O9S/c1-23-8-9-24-10-11-25-12-13-26-14-15-27-17-20(18-29-30(2,21)22)28-16-19-6-4-3-5-7-19/h3-7,20H,8-18H2,1-2H3. The molecule has 0 saturated heterocycles. The van der Waals surface area contributed by atoms with Gasteiger partial charge in [-0.2, -0.15) is 8.42 Å². The van der Waals surface area contributed by atoms with Gasteiger partial charge in [-0.15, -0.1) is 0 Å². The predicted molar refractivity (Wildman–Crippen MR) is 111 cm³/mol. The van der Waals surface area contributed by atoms with Crippen LogP contribution in [0.2, 0.25) is 0 Å². The maximum atomic E-state index is 11.2. The average Bonchev–Trinajstić information content (AvgIpc) is 2.73. The van der Waals surface area contributed by atoms with Gasteiger partial charge in [-0.3, -0.25) is 4.18 Å². The molecule has 0 aromatic heterocycles. The van der Waals surface area contributed by atoms with Gasteiger partial charge in [0.1, 0.15) is 6.10 Å². The molecule has 1 aromatic rings. The molecule has 0 fully saturated rings. The van der Waals surface area contributed by atoms with Crippen LogP contribution in [0.25, 0.3) is 0 Å². The Hall–Kier alpha value is -1.11. The molecule has 1 atom stereocenters. The molecule has 1 unspecified atom stereocenters. The zero-order valence-electron chi connectivity index (χ0n) is 17.8. The van der Waals surface area contributed by atoms with Crippen LogP contribution in [-0.2, 0) is 49.3 Å². The van der Waals surface area contributed by atoms with Crippen molar-refractivity contribution in [3.8, 4) is 0 Å². The minimum absolute atomic E-state index is 0.104. The van der Waals surface area contributed by atoms with Crippen LogP contribution in [0, 0.1) is 0 Å². The first-order valence-corrected chi connectivity index (χ1v) is 11.6. The molecule has 1 rings (SSSR count). The second-order valence-corrected chi connectivity index (χ2v) is 7.96. The fourth-order valence-electron chi connectivity index (χ4n) is 2.15. The summed E-state index contributed by atoms with van der Waals surface area (Å²) in [6.07, 6.45) is 0.491. The van der Waals surface area contributed by atoms with Crippen LogP contribution < -0.4 is 0 Å². The van der Waals surface area contributed by atoms with Crippen LogP contribution in [0.5, 0.6) is 0 Å². The zero-order valence-corrected chi connectivity index (χ0v) is 18.6. The molecular formula is C20H34O9S. The Morgan fingerprint density at radius 1 is 0.767 bits per heavy atom. The number of methoxy groups -OCH3 is 1. The molecule has 30 heavy (non-hydrogen) atoms. The second kappa shape index (κ2) is 17.6. The molecule has 174 valence electrons. The van der Waals surface area contributed by atoms with E-state index in [1.807, 2.05) is 30.3 Å². The van der Waals surface area contributed by atoms with Gasteiger partial charge in [-0.1, -0.05) is 30.3 Å². The second-order valence-electron chi connectivity index (χ2n) is 6.31. The highest BCUT2D eigenvalue weighted by atomic mass is 32.2. The van der Waals surface area contributed by atoms with Crippen molar-refractivity contribution in [2.75, 3.05) is 79.4 Å². The first-order chi connectivity index (χ1) is 14.5. The van der Waals surface area contributed by atoms with Crippen LogP contribution in [0.15, 0.2) is 30.3 Å². The van der Waals surface area contributed by atoms with Crippen molar-refractivity contribution in [2.24, 2.45) is 0 Å². The van der Waals surface area contributed by atoms with Gasteiger partial charge in [0.15, 0.2) is 0 Å². The summed E-state index contributed by atoms with van der Waals surface area (Å²) < 4.78 is 59.5. The van der Waals surface area contributed by atoms with Crippen LogP contribution in [0.1, 0.15) is 5.56 Å². The molecular weight excluding hydrogens is 416 g/mol. The summed E-state index contributed by atoms with van der Waals surface area (Å²) in [4.78, 5) is 0. The molecule has 0 bridgehead atoms. The lowest BCUT2D eigenvalue weighted by Crippen LogP contribution is -2.27. The van der Waals surface area contributed by atoms with Crippen LogP contribution in [0.4, 0.5) is 0 Å². The molecule has 0 radical (unpaired) electrons. The van der Waals surface area contributed by atoms with Crippen molar-refractivity contribution in [2.45, 2.75) is 12.7 Å². The van der Waals surface area contributed by atoms with E-state index in [2.05, 4.69) is 0 Å². The zero-order chi connectivity index (χ0) is 21.9. The minimum atomic E-state index is -3.55. The molecule has 0 aliphatic rings. The Labute approximate surface area is 179 Å². The Bertz CT molecular complexity index is 610. The smallest absolute Gasteiger partial charge is 0.264 e. The molecule has 0 saturated carbocycles. The summed E-state index contributed by atoms with van der Waals surface area (Å²) in [5.74, 6) is 0. The number of benzene rings is 1. The van der Waals surface area contributed by atoms with Gasteiger partial charge in [0, 0.05) is 7.11 Å². The third kappa shape index (κ3) is 16.7. The fourth-order valence-corrected chi connectivity index (χ4v) is 2.55. The maximum Gasteiger partial charge on any atom is 0.264 e. The van der Waals surface area contributed by atoms with E-state index in [4.69, 9.17) is 32.6 Å².